The first kappa shape index (κ1) is 17.8. The monoisotopic (exact) mass is 399 g/mol. The summed E-state index contributed by atoms with van der Waals surface area (Å²) < 4.78 is 0. The molecule has 1 saturated heterocycles. The van der Waals surface area contributed by atoms with Gasteiger partial charge >= 0.3 is 0 Å². The predicted molar refractivity (Wildman–Crippen MR) is 97.2 cm³/mol. The second-order valence-electron chi connectivity index (χ2n) is 6.07. The number of hydrogen-bond acceptors (Lipinski definition) is 7. The first-order valence-corrected chi connectivity index (χ1v) is 8.43. The molecule has 1 fully saturated rings. The molecule has 0 N–H and O–H groups in total. The van der Waals surface area contributed by atoms with Gasteiger partial charge in [0.05, 0.1) is 4.92 Å². The van der Waals surface area contributed by atoms with Crippen molar-refractivity contribution in [2.75, 3.05) is 4.90 Å². The van der Waals surface area contributed by atoms with Crippen LogP contribution in [0.1, 0.15) is 10.4 Å². The molecule has 0 aliphatic carbocycles. The molecule has 2 aliphatic rings. The van der Waals surface area contributed by atoms with E-state index in [4.69, 9.17) is 16.4 Å². The number of nitro benzene ring substituents is 1. The van der Waals surface area contributed by atoms with Crippen molar-refractivity contribution in [3.05, 3.63) is 69.2 Å². The molecular formula is C18H10ClN3O6. The Hall–Kier alpha value is -3.59. The van der Waals surface area contributed by atoms with Crippen LogP contribution in [0.4, 0.5) is 11.4 Å². The number of carbonyl (C=O) groups excluding carboxylic acids is 3. The Morgan fingerprint density at radius 1 is 1.11 bits per heavy atom. The van der Waals surface area contributed by atoms with Crippen LogP contribution in [0, 0.1) is 16.0 Å². The molecule has 0 saturated carbocycles. The Labute approximate surface area is 162 Å². The molecule has 10 heteroatoms. The van der Waals surface area contributed by atoms with Crippen LogP contribution in [0.5, 0.6) is 0 Å². The third-order valence-corrected chi connectivity index (χ3v) is 4.72. The van der Waals surface area contributed by atoms with Gasteiger partial charge in [-0.05, 0) is 30.3 Å². The molecule has 0 aromatic heterocycles. The summed E-state index contributed by atoms with van der Waals surface area (Å²) in [6.45, 7) is 0. The number of oxime groups is 1. The molecule has 28 heavy (non-hydrogen) atoms. The van der Waals surface area contributed by atoms with Crippen molar-refractivity contribution in [3.63, 3.8) is 0 Å². The number of Topliss-reactive ketones (excluding diaryl/α,β-unsaturated/α-hetero) is 1. The molecule has 140 valence electrons. The van der Waals surface area contributed by atoms with Crippen LogP contribution in [0.25, 0.3) is 0 Å². The number of benzene rings is 2. The van der Waals surface area contributed by atoms with Gasteiger partial charge in [0, 0.05) is 16.7 Å². The molecule has 0 bridgehead atoms. The van der Waals surface area contributed by atoms with Gasteiger partial charge in [-0.25, -0.2) is 4.90 Å². The van der Waals surface area contributed by atoms with Gasteiger partial charge in [0.25, 0.3) is 11.6 Å². The van der Waals surface area contributed by atoms with Crippen LogP contribution >= 0.6 is 11.6 Å². The van der Waals surface area contributed by atoms with Crippen molar-refractivity contribution in [1.82, 2.24) is 0 Å². The summed E-state index contributed by atoms with van der Waals surface area (Å²) >= 11 is 5.81. The van der Waals surface area contributed by atoms with Crippen LogP contribution in [0.2, 0.25) is 5.02 Å². The first-order chi connectivity index (χ1) is 13.4. The molecule has 2 aliphatic heterocycles. The standard InChI is InChI=1S/C18H10ClN3O6/c19-10-7-5-9(6-8-10)15(23)14-13-16(28-20-14)18(25)21(17(13)24)11-3-1-2-4-12(11)22(26)27/h1-8,13,16H. The molecule has 2 heterocycles. The number of amides is 2. The number of carbonyl (C=O) groups is 3. The average molecular weight is 400 g/mol. The summed E-state index contributed by atoms with van der Waals surface area (Å²) in [5.41, 5.74) is -0.603. The normalized spacial score (nSPS) is 20.6. The number of imide groups is 1. The maximum Gasteiger partial charge on any atom is 0.293 e. The van der Waals surface area contributed by atoms with Gasteiger partial charge < -0.3 is 4.84 Å². The number of para-hydroxylation sites is 2. The molecular weight excluding hydrogens is 390 g/mol. The van der Waals surface area contributed by atoms with Gasteiger partial charge in [0.2, 0.25) is 17.8 Å². The van der Waals surface area contributed by atoms with E-state index in [-0.39, 0.29) is 17.0 Å². The molecule has 0 spiro atoms. The number of ketones is 1. The number of fused-ring (bicyclic) bond motifs is 1. The lowest BCUT2D eigenvalue weighted by Crippen LogP contribution is -2.34. The van der Waals surface area contributed by atoms with E-state index in [1.165, 1.54) is 48.5 Å². The van der Waals surface area contributed by atoms with Crippen LogP contribution < -0.4 is 4.90 Å². The SMILES string of the molecule is O=C(C1=NOC2C(=O)N(c3ccccc3[N+](=O)[O-])C(=O)C12)c1ccc(Cl)cc1. The fraction of sp³-hybridized carbons (Fsp3) is 0.111. The Kier molecular flexibility index (Phi) is 4.16. The van der Waals surface area contributed by atoms with Crippen molar-refractivity contribution in [1.29, 1.82) is 0 Å². The van der Waals surface area contributed by atoms with Gasteiger partial charge in [0.1, 0.15) is 17.3 Å². The summed E-state index contributed by atoms with van der Waals surface area (Å²) in [7, 11) is 0. The first-order valence-electron chi connectivity index (χ1n) is 8.05. The summed E-state index contributed by atoms with van der Waals surface area (Å²) in [6, 6.07) is 11.3. The molecule has 2 amide bonds. The lowest BCUT2D eigenvalue weighted by atomic mass is 9.93. The highest BCUT2D eigenvalue weighted by Crippen LogP contribution is 2.37. The van der Waals surface area contributed by atoms with Gasteiger partial charge in [-0.2, -0.15) is 0 Å². The van der Waals surface area contributed by atoms with Gasteiger partial charge in [-0.1, -0.05) is 28.9 Å². The lowest BCUT2D eigenvalue weighted by molar-refractivity contribution is -0.384. The van der Waals surface area contributed by atoms with Crippen molar-refractivity contribution in [3.8, 4) is 0 Å². The van der Waals surface area contributed by atoms with Gasteiger partial charge in [0.15, 0.2) is 0 Å². The minimum absolute atomic E-state index is 0.182. The highest BCUT2D eigenvalue weighted by Gasteiger charge is 2.58. The Morgan fingerprint density at radius 3 is 2.46 bits per heavy atom. The Bertz CT molecular complexity index is 1070. The largest absolute Gasteiger partial charge is 0.381 e. The van der Waals surface area contributed by atoms with Crippen molar-refractivity contribution >= 4 is 46.3 Å². The summed E-state index contributed by atoms with van der Waals surface area (Å²) in [4.78, 5) is 54.6. The molecule has 2 atom stereocenters. The van der Waals surface area contributed by atoms with E-state index in [1.54, 1.807) is 0 Å². The van der Waals surface area contributed by atoms with Crippen LogP contribution in [0.3, 0.4) is 0 Å². The maximum absolute atomic E-state index is 12.9. The molecule has 2 aromatic carbocycles. The molecule has 4 rings (SSSR count). The van der Waals surface area contributed by atoms with E-state index in [2.05, 4.69) is 5.16 Å². The topological polar surface area (TPSA) is 119 Å². The van der Waals surface area contributed by atoms with Crippen LogP contribution in [-0.4, -0.2) is 34.3 Å². The lowest BCUT2D eigenvalue weighted by Gasteiger charge is -2.15. The van der Waals surface area contributed by atoms with E-state index in [1.807, 2.05) is 0 Å². The highest BCUT2D eigenvalue weighted by molar-refractivity contribution is 6.52. The highest BCUT2D eigenvalue weighted by atomic mass is 35.5. The number of rotatable bonds is 4. The second kappa shape index (κ2) is 6.54. The van der Waals surface area contributed by atoms with Crippen LogP contribution in [-0.2, 0) is 14.4 Å². The smallest absolute Gasteiger partial charge is 0.293 e. The quantitative estimate of drug-likeness (QED) is 0.337. The van der Waals surface area contributed by atoms with Crippen molar-refractivity contribution in [2.24, 2.45) is 11.1 Å². The zero-order chi connectivity index (χ0) is 20.0. The van der Waals surface area contributed by atoms with E-state index in [0.717, 1.165) is 0 Å². The number of nitro groups is 1. The van der Waals surface area contributed by atoms with E-state index >= 15 is 0 Å². The zero-order valence-corrected chi connectivity index (χ0v) is 14.7. The third-order valence-electron chi connectivity index (χ3n) is 4.47. The average Bonchev–Trinajstić information content (AvgIpc) is 3.22. The summed E-state index contributed by atoms with van der Waals surface area (Å²) in [6.07, 6.45) is -1.33. The second-order valence-corrected chi connectivity index (χ2v) is 6.51. The van der Waals surface area contributed by atoms with Crippen LogP contribution in [0.15, 0.2) is 53.7 Å². The number of anilines is 1. The number of nitrogens with zero attached hydrogens (tertiary/aromatic N) is 3. The zero-order valence-electron chi connectivity index (χ0n) is 13.9. The van der Waals surface area contributed by atoms with Gasteiger partial charge in [-0.15, -0.1) is 0 Å². The van der Waals surface area contributed by atoms with Gasteiger partial charge in [-0.3, -0.25) is 24.5 Å². The van der Waals surface area contributed by atoms with Crippen molar-refractivity contribution < 1.29 is 24.1 Å². The van der Waals surface area contributed by atoms with E-state index in [0.29, 0.717) is 9.92 Å². The fourth-order valence-corrected chi connectivity index (χ4v) is 3.29. The van der Waals surface area contributed by atoms with E-state index in [9.17, 15) is 24.5 Å². The van der Waals surface area contributed by atoms with E-state index < -0.39 is 40.2 Å². The molecule has 9 nitrogen and oxygen atoms in total. The Morgan fingerprint density at radius 2 is 1.79 bits per heavy atom. The maximum atomic E-state index is 12.9. The Balaban J connectivity index is 1.70. The summed E-state index contributed by atoms with van der Waals surface area (Å²) in [5.74, 6) is -3.47. The number of halogens is 1. The molecule has 0 radical (unpaired) electrons. The third kappa shape index (κ3) is 2.64. The minimum Gasteiger partial charge on any atom is -0.381 e. The minimum atomic E-state index is -1.33. The fourth-order valence-electron chi connectivity index (χ4n) is 3.16. The predicted octanol–water partition coefficient (Wildman–Crippen LogP) is 2.38. The molecule has 2 unspecified atom stereocenters. The van der Waals surface area contributed by atoms with Crippen molar-refractivity contribution in [2.45, 2.75) is 6.10 Å². The summed E-state index contributed by atoms with van der Waals surface area (Å²) in [5, 5.41) is 15.3. The molecule has 2 aromatic rings. The number of hydrogen-bond donors (Lipinski definition) is 0.